The SMILES string of the molecule is COc1cccc(C(=O)NCCN(C(C)=O)c2cccc3cccnc23)c1. The maximum absolute atomic E-state index is 12.3. The zero-order valence-corrected chi connectivity index (χ0v) is 15.3. The number of nitrogens with zero attached hydrogens (tertiary/aromatic N) is 2. The molecular formula is C21H21N3O3. The molecule has 2 amide bonds. The fourth-order valence-electron chi connectivity index (χ4n) is 2.90. The number of ether oxygens (including phenoxy) is 1. The Kier molecular flexibility index (Phi) is 5.66. The van der Waals surface area contributed by atoms with Crippen LogP contribution >= 0.6 is 0 Å². The number of methoxy groups -OCH3 is 1. The minimum atomic E-state index is -0.214. The molecule has 0 spiro atoms. The van der Waals surface area contributed by atoms with Crippen molar-refractivity contribution in [3.63, 3.8) is 0 Å². The zero-order valence-electron chi connectivity index (χ0n) is 15.3. The molecule has 0 radical (unpaired) electrons. The number of aromatic nitrogens is 1. The van der Waals surface area contributed by atoms with Gasteiger partial charge in [0, 0.05) is 37.2 Å². The number of fused-ring (bicyclic) bond motifs is 1. The lowest BCUT2D eigenvalue weighted by molar-refractivity contribution is -0.116. The Bertz CT molecular complexity index is 966. The van der Waals surface area contributed by atoms with Crippen LogP contribution in [-0.4, -0.2) is 37.0 Å². The summed E-state index contributed by atoms with van der Waals surface area (Å²) in [6.45, 7) is 2.17. The molecular weight excluding hydrogens is 342 g/mol. The molecule has 3 rings (SSSR count). The van der Waals surface area contributed by atoms with Crippen LogP contribution in [0.5, 0.6) is 5.75 Å². The van der Waals surface area contributed by atoms with Gasteiger partial charge >= 0.3 is 0 Å². The fraction of sp³-hybridized carbons (Fsp3) is 0.190. The third-order valence-corrected chi connectivity index (χ3v) is 4.24. The van der Waals surface area contributed by atoms with Gasteiger partial charge in [-0.05, 0) is 30.3 Å². The highest BCUT2D eigenvalue weighted by molar-refractivity contribution is 6.01. The highest BCUT2D eigenvalue weighted by Gasteiger charge is 2.15. The maximum Gasteiger partial charge on any atom is 0.251 e. The van der Waals surface area contributed by atoms with Crippen molar-refractivity contribution in [3.8, 4) is 5.75 Å². The van der Waals surface area contributed by atoms with Crippen molar-refractivity contribution in [1.82, 2.24) is 10.3 Å². The van der Waals surface area contributed by atoms with Crippen LogP contribution in [0.25, 0.3) is 10.9 Å². The number of rotatable bonds is 6. The number of benzene rings is 2. The molecule has 6 heteroatoms. The van der Waals surface area contributed by atoms with Gasteiger partial charge in [-0.1, -0.05) is 24.3 Å². The average Bonchev–Trinajstić information content (AvgIpc) is 2.70. The first-order valence-electron chi connectivity index (χ1n) is 8.64. The summed E-state index contributed by atoms with van der Waals surface area (Å²) in [6.07, 6.45) is 1.70. The normalized spacial score (nSPS) is 10.4. The molecule has 2 aromatic carbocycles. The van der Waals surface area contributed by atoms with E-state index in [1.54, 1.807) is 42.5 Å². The first kappa shape index (κ1) is 18.4. The molecule has 0 aliphatic carbocycles. The Morgan fingerprint density at radius 1 is 1.11 bits per heavy atom. The van der Waals surface area contributed by atoms with E-state index in [9.17, 15) is 9.59 Å². The lowest BCUT2D eigenvalue weighted by Gasteiger charge is -2.22. The third-order valence-electron chi connectivity index (χ3n) is 4.24. The van der Waals surface area contributed by atoms with E-state index in [4.69, 9.17) is 4.74 Å². The van der Waals surface area contributed by atoms with E-state index in [0.717, 1.165) is 16.6 Å². The number of amides is 2. The van der Waals surface area contributed by atoms with Gasteiger partial charge in [-0.15, -0.1) is 0 Å². The Hall–Kier alpha value is -3.41. The molecule has 0 fully saturated rings. The van der Waals surface area contributed by atoms with Crippen molar-refractivity contribution in [2.75, 3.05) is 25.1 Å². The predicted octanol–water partition coefficient (Wildman–Crippen LogP) is 3.03. The second-order valence-corrected chi connectivity index (χ2v) is 6.01. The van der Waals surface area contributed by atoms with Crippen LogP contribution in [0.15, 0.2) is 60.8 Å². The van der Waals surface area contributed by atoms with Gasteiger partial charge in [-0.3, -0.25) is 14.6 Å². The highest BCUT2D eigenvalue weighted by Crippen LogP contribution is 2.24. The van der Waals surface area contributed by atoms with Gasteiger partial charge in [0.25, 0.3) is 5.91 Å². The standard InChI is InChI=1S/C21H21N3O3/c1-15(25)24(19-10-4-6-16-8-5-11-22-20(16)19)13-12-23-21(26)17-7-3-9-18(14-17)27-2/h3-11,14H,12-13H2,1-2H3,(H,23,26). The van der Waals surface area contributed by atoms with Crippen molar-refractivity contribution in [1.29, 1.82) is 0 Å². The highest BCUT2D eigenvalue weighted by atomic mass is 16.5. The van der Waals surface area contributed by atoms with Gasteiger partial charge in [-0.25, -0.2) is 0 Å². The second kappa shape index (κ2) is 8.31. The Morgan fingerprint density at radius 2 is 1.89 bits per heavy atom. The molecule has 0 saturated carbocycles. The molecule has 6 nitrogen and oxygen atoms in total. The molecule has 1 N–H and O–H groups in total. The number of anilines is 1. The lowest BCUT2D eigenvalue weighted by atomic mass is 10.1. The Morgan fingerprint density at radius 3 is 2.67 bits per heavy atom. The third kappa shape index (κ3) is 4.23. The monoisotopic (exact) mass is 363 g/mol. The van der Waals surface area contributed by atoms with Crippen LogP contribution in [-0.2, 0) is 4.79 Å². The summed E-state index contributed by atoms with van der Waals surface area (Å²) in [5, 5.41) is 3.80. The summed E-state index contributed by atoms with van der Waals surface area (Å²) in [4.78, 5) is 30.5. The van der Waals surface area contributed by atoms with Crippen molar-refractivity contribution >= 4 is 28.4 Å². The molecule has 3 aromatic rings. The molecule has 0 bridgehead atoms. The van der Waals surface area contributed by atoms with Crippen LogP contribution in [0, 0.1) is 0 Å². The second-order valence-electron chi connectivity index (χ2n) is 6.01. The average molecular weight is 363 g/mol. The first-order valence-corrected chi connectivity index (χ1v) is 8.64. The van der Waals surface area contributed by atoms with Gasteiger partial charge in [0.1, 0.15) is 5.75 Å². The van der Waals surface area contributed by atoms with Crippen molar-refractivity contribution in [2.45, 2.75) is 6.92 Å². The van der Waals surface area contributed by atoms with Gasteiger partial charge in [-0.2, -0.15) is 0 Å². The van der Waals surface area contributed by atoms with Crippen LogP contribution in [0.3, 0.4) is 0 Å². The fourth-order valence-corrected chi connectivity index (χ4v) is 2.90. The number of carbonyl (C=O) groups is 2. The molecule has 1 heterocycles. The molecule has 1 aromatic heterocycles. The number of hydrogen-bond acceptors (Lipinski definition) is 4. The van der Waals surface area contributed by atoms with Crippen LogP contribution < -0.4 is 15.0 Å². The van der Waals surface area contributed by atoms with Crippen LogP contribution in [0.4, 0.5) is 5.69 Å². The van der Waals surface area contributed by atoms with E-state index in [2.05, 4.69) is 10.3 Å². The van der Waals surface area contributed by atoms with E-state index in [0.29, 0.717) is 24.4 Å². The van der Waals surface area contributed by atoms with Crippen molar-refractivity contribution in [3.05, 3.63) is 66.4 Å². The minimum absolute atomic E-state index is 0.108. The van der Waals surface area contributed by atoms with E-state index in [1.807, 2.05) is 30.3 Å². The molecule has 0 aliphatic heterocycles. The van der Waals surface area contributed by atoms with Crippen LogP contribution in [0.1, 0.15) is 17.3 Å². The number of hydrogen-bond donors (Lipinski definition) is 1. The Balaban J connectivity index is 1.72. The first-order chi connectivity index (χ1) is 13.1. The molecule has 0 unspecified atom stereocenters. The van der Waals surface area contributed by atoms with Gasteiger partial charge < -0.3 is 15.0 Å². The van der Waals surface area contributed by atoms with Crippen LogP contribution in [0.2, 0.25) is 0 Å². The molecule has 138 valence electrons. The van der Waals surface area contributed by atoms with Crippen molar-refractivity contribution < 1.29 is 14.3 Å². The topological polar surface area (TPSA) is 71.5 Å². The number of carbonyl (C=O) groups excluding carboxylic acids is 2. The smallest absolute Gasteiger partial charge is 0.251 e. The Labute approximate surface area is 157 Å². The van der Waals surface area contributed by atoms with Gasteiger partial charge in [0.2, 0.25) is 5.91 Å². The van der Waals surface area contributed by atoms with Crippen molar-refractivity contribution in [2.24, 2.45) is 0 Å². The van der Waals surface area contributed by atoms with E-state index in [1.165, 1.54) is 6.92 Å². The van der Waals surface area contributed by atoms with E-state index < -0.39 is 0 Å². The molecule has 27 heavy (non-hydrogen) atoms. The predicted molar refractivity (Wildman–Crippen MR) is 105 cm³/mol. The largest absolute Gasteiger partial charge is 0.497 e. The molecule has 0 aliphatic rings. The minimum Gasteiger partial charge on any atom is -0.497 e. The van der Waals surface area contributed by atoms with E-state index >= 15 is 0 Å². The zero-order chi connectivity index (χ0) is 19.2. The quantitative estimate of drug-likeness (QED) is 0.731. The summed E-state index contributed by atoms with van der Waals surface area (Å²) in [7, 11) is 1.56. The summed E-state index contributed by atoms with van der Waals surface area (Å²) in [6, 6.07) is 16.5. The summed E-state index contributed by atoms with van der Waals surface area (Å²) in [5.41, 5.74) is 2.00. The summed E-state index contributed by atoms with van der Waals surface area (Å²) in [5.74, 6) is 0.298. The number of para-hydroxylation sites is 1. The van der Waals surface area contributed by atoms with Gasteiger partial charge in [0.05, 0.1) is 18.3 Å². The molecule has 0 saturated heterocycles. The lowest BCUT2D eigenvalue weighted by Crippen LogP contribution is -2.37. The van der Waals surface area contributed by atoms with Gasteiger partial charge in [0.15, 0.2) is 0 Å². The summed E-state index contributed by atoms with van der Waals surface area (Å²) >= 11 is 0. The molecule has 0 atom stereocenters. The number of pyridine rings is 1. The maximum atomic E-state index is 12.3. The van der Waals surface area contributed by atoms with E-state index in [-0.39, 0.29) is 11.8 Å². The number of nitrogens with one attached hydrogen (secondary N) is 1. The summed E-state index contributed by atoms with van der Waals surface area (Å²) < 4.78 is 5.14.